The highest BCUT2D eigenvalue weighted by atomic mass is 35.5. The van der Waals surface area contributed by atoms with Gasteiger partial charge in [0.15, 0.2) is 5.75 Å². The first kappa shape index (κ1) is 22.1. The average Bonchev–Trinajstić information content (AvgIpc) is 2.64. The number of nitrogens with zero attached hydrogens (tertiary/aromatic N) is 1. The number of aromatic hydroxyl groups is 1. The van der Waals surface area contributed by atoms with Crippen molar-refractivity contribution in [3.05, 3.63) is 56.8 Å². The normalized spacial score (nSPS) is 21.7. The lowest BCUT2D eigenvalue weighted by Gasteiger charge is -2.36. The lowest BCUT2D eigenvalue weighted by Crippen LogP contribution is -2.55. The van der Waals surface area contributed by atoms with Crippen LogP contribution in [0.4, 0.5) is 10.1 Å². The summed E-state index contributed by atoms with van der Waals surface area (Å²) in [4.78, 5) is 12.8. The van der Waals surface area contributed by atoms with Crippen molar-refractivity contribution in [1.82, 2.24) is 9.03 Å². The summed E-state index contributed by atoms with van der Waals surface area (Å²) in [5.74, 6) is -1.59. The molecule has 0 aliphatic carbocycles. The molecule has 3 N–H and O–H groups in total. The molecule has 12 heteroatoms. The summed E-state index contributed by atoms with van der Waals surface area (Å²) in [6.07, 6.45) is 0.0495. The van der Waals surface area contributed by atoms with Crippen LogP contribution in [0.3, 0.4) is 0 Å². The van der Waals surface area contributed by atoms with Gasteiger partial charge in [0.25, 0.3) is 10.2 Å². The van der Waals surface area contributed by atoms with Crippen LogP contribution in [0.1, 0.15) is 18.0 Å². The zero-order valence-electron chi connectivity index (χ0n) is 14.8. The number of benzene rings is 2. The third kappa shape index (κ3) is 4.60. The highest BCUT2D eigenvalue weighted by molar-refractivity contribution is 7.87. The molecule has 1 fully saturated rings. The molecule has 3 rings (SSSR count). The van der Waals surface area contributed by atoms with Crippen LogP contribution >= 0.6 is 34.8 Å². The molecule has 0 saturated carbocycles. The van der Waals surface area contributed by atoms with Gasteiger partial charge in [0.1, 0.15) is 11.9 Å². The quantitative estimate of drug-likeness (QED) is 0.621. The fourth-order valence-corrected chi connectivity index (χ4v) is 4.87. The molecule has 2 aromatic rings. The molecule has 1 saturated heterocycles. The van der Waals surface area contributed by atoms with Gasteiger partial charge in [0.2, 0.25) is 5.91 Å². The van der Waals surface area contributed by atoms with E-state index in [1.165, 1.54) is 31.3 Å². The number of carbonyl (C=O) groups excluding carboxylic acids is 1. The second-order valence-corrected chi connectivity index (χ2v) is 9.38. The second-order valence-electron chi connectivity index (χ2n) is 6.39. The Morgan fingerprint density at radius 2 is 1.83 bits per heavy atom. The van der Waals surface area contributed by atoms with E-state index in [2.05, 4.69) is 10.0 Å². The number of nitrogens with one attached hydrogen (secondary N) is 2. The van der Waals surface area contributed by atoms with Crippen LogP contribution in [0.15, 0.2) is 30.3 Å². The Morgan fingerprint density at radius 1 is 1.21 bits per heavy atom. The Bertz CT molecular complexity index is 1060. The Kier molecular flexibility index (Phi) is 6.28. The number of phenols is 1. The number of hydrogen-bond donors (Lipinski definition) is 3. The minimum absolute atomic E-state index is 0.0485. The van der Waals surface area contributed by atoms with Gasteiger partial charge in [-0.05, 0) is 42.3 Å². The van der Waals surface area contributed by atoms with Crippen LogP contribution in [0.2, 0.25) is 15.1 Å². The summed E-state index contributed by atoms with van der Waals surface area (Å²) in [5.41, 5.74) is 0.607. The van der Waals surface area contributed by atoms with Gasteiger partial charge in [-0.3, -0.25) is 4.79 Å². The molecule has 7 nitrogen and oxygen atoms in total. The van der Waals surface area contributed by atoms with Crippen molar-refractivity contribution in [2.45, 2.75) is 18.5 Å². The minimum Gasteiger partial charge on any atom is -0.505 e. The highest BCUT2D eigenvalue weighted by Crippen LogP contribution is 2.37. The summed E-state index contributed by atoms with van der Waals surface area (Å²) in [5, 5.41) is 12.0. The van der Waals surface area contributed by atoms with Gasteiger partial charge < -0.3 is 10.4 Å². The fourth-order valence-electron chi connectivity index (χ4n) is 2.91. The topological polar surface area (TPSA) is 98.7 Å². The Hall–Kier alpha value is -1.62. The van der Waals surface area contributed by atoms with E-state index in [4.69, 9.17) is 34.8 Å². The first-order valence-corrected chi connectivity index (χ1v) is 10.8. The summed E-state index contributed by atoms with van der Waals surface area (Å²) in [6, 6.07) is 4.46. The number of halogens is 4. The molecule has 2 aromatic carbocycles. The number of hydrogen-bond acceptors (Lipinski definition) is 4. The maximum Gasteiger partial charge on any atom is 0.280 e. The van der Waals surface area contributed by atoms with Crippen LogP contribution in [0.25, 0.3) is 0 Å². The number of amides is 1. The van der Waals surface area contributed by atoms with Crippen molar-refractivity contribution >= 4 is 56.6 Å². The van der Waals surface area contributed by atoms with Crippen LogP contribution in [0, 0.1) is 5.82 Å². The number of anilines is 1. The molecule has 2 atom stereocenters. The van der Waals surface area contributed by atoms with Crippen molar-refractivity contribution < 1.29 is 22.7 Å². The SMILES string of the molecule is CN1[C@H](C(=O)Nc2ccc(F)c(Cl)c2)C[C@H](c2cc(Cl)c(O)c(Cl)c2)NS1(=O)=O. The van der Waals surface area contributed by atoms with Crippen LogP contribution in [-0.4, -0.2) is 36.8 Å². The predicted octanol–water partition coefficient (Wildman–Crippen LogP) is 3.71. The van der Waals surface area contributed by atoms with Gasteiger partial charge >= 0.3 is 0 Å². The van der Waals surface area contributed by atoms with E-state index in [9.17, 15) is 22.7 Å². The van der Waals surface area contributed by atoms with E-state index in [1.807, 2.05) is 0 Å². The lowest BCUT2D eigenvalue weighted by molar-refractivity contribution is -0.120. The first-order chi connectivity index (χ1) is 13.5. The standard InChI is InChI=1S/C17H15Cl3FN3O4S/c1-24-15(17(26)22-9-2-3-13(21)10(18)6-9)7-14(23-29(24,27)28)8-4-11(19)16(25)12(20)5-8/h2-6,14-15,23,25H,7H2,1H3,(H,22,26)/t14-,15+/m1/s1. The van der Waals surface area contributed by atoms with Gasteiger partial charge in [0.05, 0.1) is 21.1 Å². The molecule has 29 heavy (non-hydrogen) atoms. The van der Waals surface area contributed by atoms with Crippen molar-refractivity contribution in [2.75, 3.05) is 12.4 Å². The van der Waals surface area contributed by atoms with Gasteiger partial charge in [-0.2, -0.15) is 17.4 Å². The van der Waals surface area contributed by atoms with E-state index >= 15 is 0 Å². The van der Waals surface area contributed by atoms with Crippen molar-refractivity contribution in [1.29, 1.82) is 0 Å². The lowest BCUT2D eigenvalue weighted by atomic mass is 9.99. The molecule has 1 aliphatic heterocycles. The molecular formula is C17H15Cl3FN3O4S. The van der Waals surface area contributed by atoms with Gasteiger partial charge in [-0.25, -0.2) is 4.39 Å². The summed E-state index contributed by atoms with van der Waals surface area (Å²) >= 11 is 17.6. The first-order valence-electron chi connectivity index (χ1n) is 8.18. The number of phenolic OH excluding ortho intramolecular Hbond substituents is 1. The van der Waals surface area contributed by atoms with Gasteiger partial charge in [-0.1, -0.05) is 34.8 Å². The number of likely N-dealkylation sites (N-methyl/N-ethyl adjacent to an activating group) is 1. The maximum absolute atomic E-state index is 13.3. The summed E-state index contributed by atoms with van der Waals surface area (Å²) < 4.78 is 41.7. The van der Waals surface area contributed by atoms with E-state index in [-0.39, 0.29) is 32.9 Å². The number of rotatable bonds is 3. The predicted molar refractivity (Wildman–Crippen MR) is 109 cm³/mol. The van der Waals surface area contributed by atoms with Crippen LogP contribution < -0.4 is 10.0 Å². The van der Waals surface area contributed by atoms with Crippen LogP contribution in [-0.2, 0) is 15.0 Å². The summed E-state index contributed by atoms with van der Waals surface area (Å²) in [7, 11) is -2.75. The summed E-state index contributed by atoms with van der Waals surface area (Å²) in [6.45, 7) is 0. The molecule has 1 aliphatic rings. The third-order valence-electron chi connectivity index (χ3n) is 4.50. The van der Waals surface area contributed by atoms with Gasteiger partial charge in [0, 0.05) is 12.7 Å². The highest BCUT2D eigenvalue weighted by Gasteiger charge is 2.41. The number of carbonyl (C=O) groups is 1. The van der Waals surface area contributed by atoms with E-state index in [1.54, 1.807) is 0 Å². The maximum atomic E-state index is 13.3. The molecular weight excluding hydrogens is 468 g/mol. The van der Waals surface area contributed by atoms with Crippen molar-refractivity contribution in [2.24, 2.45) is 0 Å². The zero-order chi connectivity index (χ0) is 21.5. The van der Waals surface area contributed by atoms with Crippen molar-refractivity contribution in [3.63, 3.8) is 0 Å². The van der Waals surface area contributed by atoms with E-state index in [0.29, 0.717) is 5.56 Å². The third-order valence-corrected chi connectivity index (χ3v) is 6.96. The molecule has 0 aromatic heterocycles. The van der Waals surface area contributed by atoms with E-state index in [0.717, 1.165) is 10.4 Å². The Morgan fingerprint density at radius 3 is 2.41 bits per heavy atom. The zero-order valence-corrected chi connectivity index (χ0v) is 17.9. The molecule has 0 unspecified atom stereocenters. The smallest absolute Gasteiger partial charge is 0.280 e. The largest absolute Gasteiger partial charge is 0.505 e. The monoisotopic (exact) mass is 481 g/mol. The minimum atomic E-state index is -4.01. The molecule has 0 radical (unpaired) electrons. The second kappa shape index (κ2) is 8.25. The Balaban J connectivity index is 1.89. The fraction of sp³-hybridized carbons (Fsp3) is 0.235. The van der Waals surface area contributed by atoms with Crippen LogP contribution in [0.5, 0.6) is 5.75 Å². The average molecular weight is 483 g/mol. The van der Waals surface area contributed by atoms with Crippen molar-refractivity contribution in [3.8, 4) is 5.75 Å². The molecule has 156 valence electrons. The Labute approximate surface area is 181 Å². The van der Waals surface area contributed by atoms with E-state index < -0.39 is 34.0 Å². The molecule has 0 spiro atoms. The molecule has 1 heterocycles. The van der Waals surface area contributed by atoms with Gasteiger partial charge in [-0.15, -0.1) is 0 Å². The molecule has 0 bridgehead atoms. The molecule has 1 amide bonds.